The predicted octanol–water partition coefficient (Wildman–Crippen LogP) is 3.70. The van der Waals surface area contributed by atoms with Gasteiger partial charge < -0.3 is 14.4 Å². The Morgan fingerprint density at radius 1 is 1.08 bits per heavy atom. The van der Waals surface area contributed by atoms with E-state index in [1.807, 2.05) is 24.3 Å². The van der Waals surface area contributed by atoms with E-state index in [1.165, 1.54) is 0 Å². The van der Waals surface area contributed by atoms with Crippen LogP contribution in [0, 0.1) is 0 Å². The molecule has 0 N–H and O–H groups in total. The van der Waals surface area contributed by atoms with Gasteiger partial charge in [-0.25, -0.2) is 4.79 Å². The third kappa shape index (κ3) is 4.76. The number of hydrogen-bond donors (Lipinski definition) is 0. The topological polar surface area (TPSA) is 55.8 Å². The molecule has 1 amide bonds. The molecule has 2 aromatic carbocycles. The minimum absolute atomic E-state index is 0.189. The van der Waals surface area contributed by atoms with E-state index in [9.17, 15) is 9.59 Å². The fraction of sp³-hybridized carbons (Fsp3) is 0.300. The maximum atomic E-state index is 12.5. The molecule has 3 rings (SSSR count). The number of benzene rings is 2. The first kappa shape index (κ1) is 18.3. The van der Waals surface area contributed by atoms with Crippen molar-refractivity contribution in [2.24, 2.45) is 0 Å². The van der Waals surface area contributed by atoms with E-state index in [4.69, 9.17) is 21.1 Å². The summed E-state index contributed by atoms with van der Waals surface area (Å²) in [4.78, 5) is 26.4. The number of methoxy groups -OCH3 is 1. The first-order valence-electron chi connectivity index (χ1n) is 8.42. The second-order valence-electron chi connectivity index (χ2n) is 6.18. The zero-order valence-electron chi connectivity index (χ0n) is 14.5. The van der Waals surface area contributed by atoms with Crippen LogP contribution in [0.25, 0.3) is 0 Å². The lowest BCUT2D eigenvalue weighted by atomic mass is 10.2. The Hall–Kier alpha value is -2.53. The van der Waals surface area contributed by atoms with Crippen molar-refractivity contribution in [3.63, 3.8) is 0 Å². The van der Waals surface area contributed by atoms with Crippen molar-refractivity contribution in [2.45, 2.75) is 25.4 Å². The summed E-state index contributed by atoms with van der Waals surface area (Å²) in [5.74, 6) is 0.0517. The number of halogens is 1. The van der Waals surface area contributed by atoms with Crippen LogP contribution in [-0.2, 0) is 16.1 Å². The Kier molecular flexibility index (Phi) is 5.78. The van der Waals surface area contributed by atoms with Gasteiger partial charge in [-0.3, -0.25) is 4.79 Å². The Balaban J connectivity index is 1.58. The Bertz CT molecular complexity index is 769. The fourth-order valence-electron chi connectivity index (χ4n) is 2.61. The highest BCUT2D eigenvalue weighted by Gasteiger charge is 2.33. The molecule has 0 atom stereocenters. The molecule has 0 heterocycles. The summed E-state index contributed by atoms with van der Waals surface area (Å²) >= 11 is 5.80. The third-order valence-corrected chi connectivity index (χ3v) is 4.48. The monoisotopic (exact) mass is 373 g/mol. The summed E-state index contributed by atoms with van der Waals surface area (Å²) in [6, 6.07) is 14.2. The van der Waals surface area contributed by atoms with E-state index in [-0.39, 0.29) is 18.6 Å². The Morgan fingerprint density at radius 3 is 2.31 bits per heavy atom. The number of esters is 1. The number of carbonyl (C=O) groups is 2. The van der Waals surface area contributed by atoms with E-state index in [0.29, 0.717) is 17.1 Å². The van der Waals surface area contributed by atoms with Gasteiger partial charge in [0.25, 0.3) is 5.91 Å². The molecule has 26 heavy (non-hydrogen) atoms. The third-order valence-electron chi connectivity index (χ3n) is 4.23. The molecular formula is C20H20ClNO4. The number of carbonyl (C=O) groups excluding carboxylic acids is 2. The van der Waals surface area contributed by atoms with Crippen LogP contribution in [0.3, 0.4) is 0 Å². The lowest BCUT2D eigenvalue weighted by molar-refractivity contribution is -0.135. The van der Waals surface area contributed by atoms with Gasteiger partial charge in [-0.05, 0) is 54.8 Å². The van der Waals surface area contributed by atoms with Crippen molar-refractivity contribution in [1.82, 2.24) is 4.90 Å². The second kappa shape index (κ2) is 8.23. The van der Waals surface area contributed by atoms with E-state index >= 15 is 0 Å². The van der Waals surface area contributed by atoms with E-state index < -0.39 is 5.97 Å². The molecule has 5 nitrogen and oxygen atoms in total. The summed E-state index contributed by atoms with van der Waals surface area (Å²) in [5.41, 5.74) is 1.38. The maximum Gasteiger partial charge on any atom is 0.338 e. The molecule has 1 aliphatic carbocycles. The largest absolute Gasteiger partial charge is 0.497 e. The van der Waals surface area contributed by atoms with Gasteiger partial charge in [0.1, 0.15) is 5.75 Å². The minimum Gasteiger partial charge on any atom is -0.497 e. The highest BCUT2D eigenvalue weighted by molar-refractivity contribution is 6.30. The van der Waals surface area contributed by atoms with Gasteiger partial charge in [0.2, 0.25) is 0 Å². The highest BCUT2D eigenvalue weighted by Crippen LogP contribution is 2.29. The summed E-state index contributed by atoms with van der Waals surface area (Å²) in [6.07, 6.45) is 1.96. The molecule has 0 unspecified atom stereocenters. The molecular weight excluding hydrogens is 354 g/mol. The van der Waals surface area contributed by atoms with Gasteiger partial charge in [0, 0.05) is 17.6 Å². The van der Waals surface area contributed by atoms with Gasteiger partial charge in [-0.1, -0.05) is 23.7 Å². The average Bonchev–Trinajstić information content (AvgIpc) is 3.50. The normalized spacial score (nSPS) is 13.2. The van der Waals surface area contributed by atoms with Crippen molar-refractivity contribution >= 4 is 23.5 Å². The summed E-state index contributed by atoms with van der Waals surface area (Å²) in [7, 11) is 1.62. The van der Waals surface area contributed by atoms with Gasteiger partial charge in [-0.15, -0.1) is 0 Å². The minimum atomic E-state index is -0.532. The number of ether oxygens (including phenoxy) is 2. The van der Waals surface area contributed by atoms with Crippen LogP contribution >= 0.6 is 11.6 Å². The smallest absolute Gasteiger partial charge is 0.338 e. The zero-order valence-corrected chi connectivity index (χ0v) is 15.2. The van der Waals surface area contributed by atoms with Gasteiger partial charge in [0.15, 0.2) is 6.61 Å². The quantitative estimate of drug-likeness (QED) is 0.694. The van der Waals surface area contributed by atoms with Crippen LogP contribution in [0.4, 0.5) is 0 Å². The SMILES string of the molecule is COc1ccc(CN(C(=O)COC(=O)c2ccc(Cl)cc2)C2CC2)cc1. The van der Waals surface area contributed by atoms with E-state index in [1.54, 1.807) is 36.3 Å². The summed E-state index contributed by atoms with van der Waals surface area (Å²) in [6.45, 7) is 0.222. The maximum absolute atomic E-state index is 12.5. The van der Waals surface area contributed by atoms with E-state index in [0.717, 1.165) is 24.2 Å². The van der Waals surface area contributed by atoms with Gasteiger partial charge in [-0.2, -0.15) is 0 Å². The van der Waals surface area contributed by atoms with Crippen LogP contribution in [0.1, 0.15) is 28.8 Å². The van der Waals surface area contributed by atoms with Gasteiger partial charge >= 0.3 is 5.97 Å². The first-order chi connectivity index (χ1) is 12.6. The molecule has 0 spiro atoms. The molecule has 1 saturated carbocycles. The van der Waals surface area contributed by atoms with Gasteiger partial charge in [0.05, 0.1) is 12.7 Å². The van der Waals surface area contributed by atoms with Crippen molar-refractivity contribution in [3.8, 4) is 5.75 Å². The van der Waals surface area contributed by atoms with Crippen LogP contribution < -0.4 is 4.74 Å². The zero-order chi connectivity index (χ0) is 18.5. The fourth-order valence-corrected chi connectivity index (χ4v) is 2.74. The molecule has 0 saturated heterocycles. The predicted molar refractivity (Wildman–Crippen MR) is 98.3 cm³/mol. The molecule has 136 valence electrons. The Morgan fingerprint density at radius 2 is 1.73 bits per heavy atom. The standard InChI is InChI=1S/C20H20ClNO4/c1-25-18-10-2-14(3-11-18)12-22(17-8-9-17)19(23)13-26-20(24)15-4-6-16(21)7-5-15/h2-7,10-11,17H,8-9,12-13H2,1H3. The van der Waals surface area contributed by atoms with Crippen molar-refractivity contribution < 1.29 is 19.1 Å². The summed E-state index contributed by atoms with van der Waals surface area (Å²) in [5, 5.41) is 0.539. The number of amides is 1. The molecule has 0 aromatic heterocycles. The highest BCUT2D eigenvalue weighted by atomic mass is 35.5. The molecule has 0 bridgehead atoms. The number of hydrogen-bond acceptors (Lipinski definition) is 4. The number of rotatable bonds is 7. The molecule has 0 aliphatic heterocycles. The molecule has 1 aliphatic rings. The molecule has 2 aromatic rings. The second-order valence-corrected chi connectivity index (χ2v) is 6.62. The average molecular weight is 374 g/mol. The van der Waals surface area contributed by atoms with Crippen LogP contribution in [-0.4, -0.2) is 36.5 Å². The summed E-state index contributed by atoms with van der Waals surface area (Å²) < 4.78 is 10.3. The van der Waals surface area contributed by atoms with Crippen LogP contribution in [0.5, 0.6) is 5.75 Å². The molecule has 1 fully saturated rings. The van der Waals surface area contributed by atoms with Crippen molar-refractivity contribution in [3.05, 3.63) is 64.7 Å². The molecule has 0 radical (unpaired) electrons. The lowest BCUT2D eigenvalue weighted by Crippen LogP contribution is -2.36. The van der Waals surface area contributed by atoms with Crippen LogP contribution in [0.15, 0.2) is 48.5 Å². The lowest BCUT2D eigenvalue weighted by Gasteiger charge is -2.22. The molecule has 6 heteroatoms. The van der Waals surface area contributed by atoms with Crippen molar-refractivity contribution in [1.29, 1.82) is 0 Å². The van der Waals surface area contributed by atoms with E-state index in [2.05, 4.69) is 0 Å². The van der Waals surface area contributed by atoms with Crippen molar-refractivity contribution in [2.75, 3.05) is 13.7 Å². The first-order valence-corrected chi connectivity index (χ1v) is 8.79. The number of nitrogens with zero attached hydrogens (tertiary/aromatic N) is 1. The van der Waals surface area contributed by atoms with Crippen LogP contribution in [0.2, 0.25) is 5.02 Å². The Labute approximate surface area is 157 Å².